The van der Waals surface area contributed by atoms with Crippen LogP contribution in [0, 0.1) is 5.92 Å². The largest absolute Gasteiger partial charge is 0.481 e. The molecule has 1 heterocycles. The van der Waals surface area contributed by atoms with Crippen molar-refractivity contribution in [1.29, 1.82) is 0 Å². The summed E-state index contributed by atoms with van der Waals surface area (Å²) in [6, 6.07) is 7.22. The van der Waals surface area contributed by atoms with E-state index in [0.717, 1.165) is 25.9 Å². The number of likely N-dealkylation sites (tertiary alicyclic amines) is 1. The molecule has 1 amide bonds. The Morgan fingerprint density at radius 3 is 2.82 bits per heavy atom. The van der Waals surface area contributed by atoms with E-state index in [1.54, 1.807) is 25.1 Å². The van der Waals surface area contributed by atoms with Crippen LogP contribution < -0.4 is 10.5 Å². The van der Waals surface area contributed by atoms with Crippen LogP contribution in [-0.2, 0) is 4.79 Å². The second-order valence-electron chi connectivity index (χ2n) is 5.76. The molecule has 0 aromatic heterocycles. The minimum absolute atomic E-state index is 0. The SMILES string of the molecule is CC(Oc1cccc(Cl)c1)C(=O)N1CCCC(C(C)N)C1.Cl. The third-order valence-electron chi connectivity index (χ3n) is 3.97. The summed E-state index contributed by atoms with van der Waals surface area (Å²) in [5.74, 6) is 1.01. The molecule has 3 atom stereocenters. The number of amides is 1. The number of nitrogens with two attached hydrogens (primary N) is 1. The Hall–Kier alpha value is -0.970. The van der Waals surface area contributed by atoms with Gasteiger partial charge >= 0.3 is 0 Å². The van der Waals surface area contributed by atoms with E-state index in [2.05, 4.69) is 0 Å². The topological polar surface area (TPSA) is 55.6 Å². The second kappa shape index (κ2) is 8.61. The summed E-state index contributed by atoms with van der Waals surface area (Å²) in [6.45, 7) is 5.29. The number of rotatable bonds is 4. The normalized spacial score (nSPS) is 20.7. The monoisotopic (exact) mass is 346 g/mol. The maximum atomic E-state index is 12.5. The number of ether oxygens (including phenoxy) is 1. The van der Waals surface area contributed by atoms with Crippen molar-refractivity contribution < 1.29 is 9.53 Å². The zero-order chi connectivity index (χ0) is 15.4. The lowest BCUT2D eigenvalue weighted by Crippen LogP contribution is -2.48. The molecule has 1 aromatic rings. The summed E-state index contributed by atoms with van der Waals surface area (Å²) in [4.78, 5) is 14.4. The van der Waals surface area contributed by atoms with E-state index in [9.17, 15) is 4.79 Å². The van der Waals surface area contributed by atoms with Gasteiger partial charge in [0, 0.05) is 24.2 Å². The molecule has 3 unspecified atom stereocenters. The smallest absolute Gasteiger partial charge is 0.263 e. The van der Waals surface area contributed by atoms with E-state index in [4.69, 9.17) is 22.1 Å². The van der Waals surface area contributed by atoms with E-state index >= 15 is 0 Å². The van der Waals surface area contributed by atoms with Crippen molar-refractivity contribution in [1.82, 2.24) is 4.90 Å². The molecule has 0 saturated carbocycles. The number of hydrogen-bond acceptors (Lipinski definition) is 3. The van der Waals surface area contributed by atoms with Gasteiger partial charge in [0.1, 0.15) is 5.75 Å². The lowest BCUT2D eigenvalue weighted by Gasteiger charge is -2.35. The predicted octanol–water partition coefficient (Wildman–Crippen LogP) is 3.11. The van der Waals surface area contributed by atoms with Crippen molar-refractivity contribution in [2.75, 3.05) is 13.1 Å². The van der Waals surface area contributed by atoms with Crippen LogP contribution in [0.3, 0.4) is 0 Å². The van der Waals surface area contributed by atoms with Crippen molar-refractivity contribution in [3.8, 4) is 5.75 Å². The number of benzene rings is 1. The van der Waals surface area contributed by atoms with Crippen molar-refractivity contribution >= 4 is 29.9 Å². The Bertz CT molecular complexity index is 497. The Balaban J connectivity index is 0.00000242. The van der Waals surface area contributed by atoms with Crippen LogP contribution in [0.1, 0.15) is 26.7 Å². The molecule has 0 spiro atoms. The molecule has 1 fully saturated rings. The van der Waals surface area contributed by atoms with Crippen LogP contribution >= 0.6 is 24.0 Å². The van der Waals surface area contributed by atoms with Crippen molar-refractivity contribution in [2.45, 2.75) is 38.8 Å². The average Bonchev–Trinajstić information content (AvgIpc) is 2.46. The summed E-state index contributed by atoms with van der Waals surface area (Å²) >= 11 is 5.92. The highest BCUT2D eigenvalue weighted by Gasteiger charge is 2.29. The zero-order valence-corrected chi connectivity index (χ0v) is 14.6. The number of halogens is 2. The molecular formula is C16H24Cl2N2O2. The van der Waals surface area contributed by atoms with Gasteiger partial charge in [0.05, 0.1) is 0 Å². The van der Waals surface area contributed by atoms with Crippen LogP contribution in [0.15, 0.2) is 24.3 Å². The number of hydrogen-bond donors (Lipinski definition) is 1. The van der Waals surface area contributed by atoms with Crippen molar-refractivity contribution in [3.63, 3.8) is 0 Å². The van der Waals surface area contributed by atoms with E-state index in [-0.39, 0.29) is 24.4 Å². The van der Waals surface area contributed by atoms with Crippen molar-refractivity contribution in [3.05, 3.63) is 29.3 Å². The zero-order valence-electron chi connectivity index (χ0n) is 13.0. The standard InChI is InChI=1S/C16H23ClN2O2.ClH/c1-11(18)13-5-4-8-19(10-13)16(20)12(2)21-15-7-3-6-14(17)9-15;/h3,6-7,9,11-13H,4-5,8,10,18H2,1-2H3;1H. The lowest BCUT2D eigenvalue weighted by molar-refractivity contribution is -0.139. The Labute approximate surface area is 143 Å². The fourth-order valence-corrected chi connectivity index (χ4v) is 2.87. The van der Waals surface area contributed by atoms with Gasteiger partial charge in [0.25, 0.3) is 5.91 Å². The van der Waals surface area contributed by atoms with Gasteiger partial charge in [-0.3, -0.25) is 4.79 Å². The van der Waals surface area contributed by atoms with Gasteiger partial charge < -0.3 is 15.4 Å². The number of piperidine rings is 1. The van der Waals surface area contributed by atoms with Crippen LogP contribution in [-0.4, -0.2) is 36.0 Å². The van der Waals surface area contributed by atoms with E-state index in [1.165, 1.54) is 0 Å². The molecule has 0 radical (unpaired) electrons. The van der Waals surface area contributed by atoms with Crippen molar-refractivity contribution in [2.24, 2.45) is 11.7 Å². The van der Waals surface area contributed by atoms with Gasteiger partial charge in [-0.25, -0.2) is 0 Å². The van der Waals surface area contributed by atoms with Gasteiger partial charge in [0.2, 0.25) is 0 Å². The van der Waals surface area contributed by atoms with Gasteiger partial charge in [-0.15, -0.1) is 12.4 Å². The molecule has 22 heavy (non-hydrogen) atoms. The Morgan fingerprint density at radius 2 is 2.18 bits per heavy atom. The molecule has 1 aromatic carbocycles. The molecule has 0 bridgehead atoms. The maximum absolute atomic E-state index is 12.5. The summed E-state index contributed by atoms with van der Waals surface area (Å²) in [5.41, 5.74) is 5.96. The Kier molecular flexibility index (Phi) is 7.46. The summed E-state index contributed by atoms with van der Waals surface area (Å²) in [6.07, 6.45) is 1.57. The highest BCUT2D eigenvalue weighted by molar-refractivity contribution is 6.30. The fraction of sp³-hybridized carbons (Fsp3) is 0.562. The average molecular weight is 347 g/mol. The first-order chi connectivity index (χ1) is 9.97. The molecule has 4 nitrogen and oxygen atoms in total. The molecular weight excluding hydrogens is 323 g/mol. The third-order valence-corrected chi connectivity index (χ3v) is 4.20. The van der Waals surface area contributed by atoms with Crippen LogP contribution in [0.2, 0.25) is 5.02 Å². The van der Waals surface area contributed by atoms with Gasteiger partial charge in [-0.1, -0.05) is 17.7 Å². The lowest BCUT2D eigenvalue weighted by atomic mass is 9.92. The summed E-state index contributed by atoms with van der Waals surface area (Å²) in [7, 11) is 0. The molecule has 2 rings (SSSR count). The molecule has 2 N–H and O–H groups in total. The van der Waals surface area contributed by atoms with E-state index in [0.29, 0.717) is 16.7 Å². The summed E-state index contributed by atoms with van der Waals surface area (Å²) < 4.78 is 5.70. The van der Waals surface area contributed by atoms with E-state index in [1.807, 2.05) is 17.9 Å². The van der Waals surface area contributed by atoms with E-state index < -0.39 is 6.10 Å². The number of carbonyl (C=O) groups excluding carboxylic acids is 1. The first-order valence-electron chi connectivity index (χ1n) is 7.44. The highest BCUT2D eigenvalue weighted by atomic mass is 35.5. The first kappa shape index (κ1) is 19.1. The molecule has 0 aliphatic carbocycles. The van der Waals surface area contributed by atoms with Crippen LogP contribution in [0.4, 0.5) is 0 Å². The number of carbonyl (C=O) groups is 1. The minimum atomic E-state index is -0.518. The van der Waals surface area contributed by atoms with Crippen LogP contribution in [0.25, 0.3) is 0 Å². The minimum Gasteiger partial charge on any atom is -0.481 e. The molecule has 6 heteroatoms. The number of nitrogens with zero attached hydrogens (tertiary/aromatic N) is 1. The van der Waals surface area contributed by atoms with Gasteiger partial charge in [-0.05, 0) is 50.8 Å². The molecule has 124 valence electrons. The molecule has 1 aliphatic rings. The van der Waals surface area contributed by atoms with Gasteiger partial charge in [-0.2, -0.15) is 0 Å². The summed E-state index contributed by atoms with van der Waals surface area (Å²) in [5, 5.41) is 0.599. The third kappa shape index (κ3) is 5.04. The molecule has 1 aliphatic heterocycles. The Morgan fingerprint density at radius 1 is 1.45 bits per heavy atom. The second-order valence-corrected chi connectivity index (χ2v) is 6.20. The predicted molar refractivity (Wildman–Crippen MR) is 91.7 cm³/mol. The molecule has 1 saturated heterocycles. The quantitative estimate of drug-likeness (QED) is 0.911. The fourth-order valence-electron chi connectivity index (χ4n) is 2.69. The maximum Gasteiger partial charge on any atom is 0.263 e. The van der Waals surface area contributed by atoms with Gasteiger partial charge in [0.15, 0.2) is 6.10 Å². The first-order valence-corrected chi connectivity index (χ1v) is 7.81. The highest BCUT2D eigenvalue weighted by Crippen LogP contribution is 2.22. The van der Waals surface area contributed by atoms with Crippen LogP contribution in [0.5, 0.6) is 5.75 Å².